The average molecular weight is 276 g/mol. The van der Waals surface area contributed by atoms with Gasteiger partial charge >= 0.3 is 0 Å². The minimum Gasteiger partial charge on any atom is -0.384 e. The lowest BCUT2D eigenvalue weighted by Crippen LogP contribution is -2.23. The smallest absolute Gasteiger partial charge is 0.0503 e. The molecule has 0 aromatic heterocycles. The van der Waals surface area contributed by atoms with Gasteiger partial charge in [-0.05, 0) is 30.0 Å². The summed E-state index contributed by atoms with van der Waals surface area (Å²) in [5.41, 5.74) is 2.80. The SMILES string of the molecule is COCC1CCN(Cc2cccc(CNC(C)C)c2)C1. The summed E-state index contributed by atoms with van der Waals surface area (Å²) in [5, 5.41) is 3.48. The third-order valence-corrected chi connectivity index (χ3v) is 3.88. The van der Waals surface area contributed by atoms with Crippen LogP contribution in [0.3, 0.4) is 0 Å². The molecule has 3 nitrogen and oxygen atoms in total. The monoisotopic (exact) mass is 276 g/mol. The Hall–Kier alpha value is -0.900. The first-order valence-corrected chi connectivity index (χ1v) is 7.70. The molecule has 1 aromatic carbocycles. The van der Waals surface area contributed by atoms with Gasteiger partial charge in [-0.1, -0.05) is 38.1 Å². The van der Waals surface area contributed by atoms with E-state index in [1.54, 1.807) is 7.11 Å². The number of nitrogens with zero attached hydrogens (tertiary/aromatic N) is 1. The van der Waals surface area contributed by atoms with Gasteiger partial charge < -0.3 is 10.1 Å². The van der Waals surface area contributed by atoms with Crippen LogP contribution >= 0.6 is 0 Å². The third-order valence-electron chi connectivity index (χ3n) is 3.88. The molecule has 1 atom stereocenters. The highest BCUT2D eigenvalue weighted by Crippen LogP contribution is 2.19. The number of rotatable bonds is 7. The first-order chi connectivity index (χ1) is 9.67. The largest absolute Gasteiger partial charge is 0.384 e. The maximum atomic E-state index is 5.26. The van der Waals surface area contributed by atoms with Gasteiger partial charge in [0.15, 0.2) is 0 Å². The third kappa shape index (κ3) is 4.89. The Morgan fingerprint density at radius 2 is 2.15 bits per heavy atom. The zero-order valence-electron chi connectivity index (χ0n) is 13.1. The summed E-state index contributed by atoms with van der Waals surface area (Å²) < 4.78 is 5.26. The fraction of sp³-hybridized carbons (Fsp3) is 0.647. The number of methoxy groups -OCH3 is 1. The Balaban J connectivity index is 1.85. The van der Waals surface area contributed by atoms with E-state index in [2.05, 4.69) is 48.3 Å². The van der Waals surface area contributed by atoms with Crippen LogP contribution in [-0.2, 0) is 17.8 Å². The van der Waals surface area contributed by atoms with Crippen LogP contribution in [-0.4, -0.2) is 37.7 Å². The number of hydrogen-bond acceptors (Lipinski definition) is 3. The molecule has 3 heteroatoms. The van der Waals surface area contributed by atoms with Gasteiger partial charge in [-0.15, -0.1) is 0 Å². The van der Waals surface area contributed by atoms with Crippen LogP contribution < -0.4 is 5.32 Å². The molecule has 0 aliphatic carbocycles. The normalized spacial score (nSPS) is 19.9. The molecule has 1 N–H and O–H groups in total. The van der Waals surface area contributed by atoms with Gasteiger partial charge in [0.25, 0.3) is 0 Å². The molecule has 1 saturated heterocycles. The molecule has 0 spiro atoms. The van der Waals surface area contributed by atoms with E-state index < -0.39 is 0 Å². The molecule has 0 amide bonds. The predicted molar refractivity (Wildman–Crippen MR) is 83.7 cm³/mol. The van der Waals surface area contributed by atoms with Gasteiger partial charge in [0.2, 0.25) is 0 Å². The quantitative estimate of drug-likeness (QED) is 0.828. The van der Waals surface area contributed by atoms with Crippen molar-refractivity contribution in [1.29, 1.82) is 0 Å². The van der Waals surface area contributed by atoms with Crippen molar-refractivity contribution in [3.63, 3.8) is 0 Å². The molecule has 112 valence electrons. The van der Waals surface area contributed by atoms with Crippen LogP contribution in [0.1, 0.15) is 31.4 Å². The highest BCUT2D eigenvalue weighted by atomic mass is 16.5. The lowest BCUT2D eigenvalue weighted by atomic mass is 10.1. The first kappa shape index (κ1) is 15.5. The molecular weight excluding hydrogens is 248 g/mol. The summed E-state index contributed by atoms with van der Waals surface area (Å²) in [5.74, 6) is 0.714. The molecule has 1 fully saturated rings. The highest BCUT2D eigenvalue weighted by Gasteiger charge is 2.22. The van der Waals surface area contributed by atoms with E-state index in [9.17, 15) is 0 Å². The highest BCUT2D eigenvalue weighted by molar-refractivity contribution is 5.23. The molecular formula is C17H28N2O. The fourth-order valence-electron chi connectivity index (χ4n) is 2.85. The van der Waals surface area contributed by atoms with Crippen molar-refractivity contribution in [2.24, 2.45) is 5.92 Å². The van der Waals surface area contributed by atoms with E-state index in [1.807, 2.05) is 0 Å². The Morgan fingerprint density at radius 3 is 2.90 bits per heavy atom. The lowest BCUT2D eigenvalue weighted by molar-refractivity contribution is 0.152. The second kappa shape index (κ2) is 7.77. The summed E-state index contributed by atoms with van der Waals surface area (Å²) in [6.45, 7) is 9.65. The van der Waals surface area contributed by atoms with Gasteiger partial charge in [-0.3, -0.25) is 4.90 Å². The molecule has 0 saturated carbocycles. The average Bonchev–Trinajstić information content (AvgIpc) is 2.85. The van der Waals surface area contributed by atoms with Crippen molar-refractivity contribution >= 4 is 0 Å². The summed E-state index contributed by atoms with van der Waals surface area (Å²) in [4.78, 5) is 2.54. The van der Waals surface area contributed by atoms with Gasteiger partial charge in [0.05, 0.1) is 6.61 Å². The zero-order chi connectivity index (χ0) is 14.4. The van der Waals surface area contributed by atoms with Crippen LogP contribution in [0.15, 0.2) is 24.3 Å². The standard InChI is InChI=1S/C17H28N2O/c1-14(2)18-10-15-5-4-6-16(9-15)11-19-8-7-17(12-19)13-20-3/h4-6,9,14,17-18H,7-8,10-13H2,1-3H3. The zero-order valence-corrected chi connectivity index (χ0v) is 13.1. The number of ether oxygens (including phenoxy) is 1. The summed E-state index contributed by atoms with van der Waals surface area (Å²) in [6.07, 6.45) is 1.27. The van der Waals surface area contributed by atoms with Crippen LogP contribution in [0.2, 0.25) is 0 Å². The van der Waals surface area contributed by atoms with Gasteiger partial charge in [-0.25, -0.2) is 0 Å². The van der Waals surface area contributed by atoms with Crippen LogP contribution in [0.5, 0.6) is 0 Å². The molecule has 1 heterocycles. The van der Waals surface area contributed by atoms with Crippen LogP contribution in [0.25, 0.3) is 0 Å². The van der Waals surface area contributed by atoms with Crippen molar-refractivity contribution < 1.29 is 4.74 Å². The predicted octanol–water partition coefficient (Wildman–Crippen LogP) is 2.65. The summed E-state index contributed by atoms with van der Waals surface area (Å²) in [6, 6.07) is 9.49. The van der Waals surface area contributed by atoms with Gasteiger partial charge in [-0.2, -0.15) is 0 Å². The van der Waals surface area contributed by atoms with E-state index in [0.29, 0.717) is 12.0 Å². The lowest BCUT2D eigenvalue weighted by Gasteiger charge is -2.17. The number of likely N-dealkylation sites (tertiary alicyclic amines) is 1. The number of hydrogen-bond donors (Lipinski definition) is 1. The van der Waals surface area contributed by atoms with Crippen molar-refractivity contribution in [1.82, 2.24) is 10.2 Å². The summed E-state index contributed by atoms with van der Waals surface area (Å²) >= 11 is 0. The molecule has 0 radical (unpaired) electrons. The Morgan fingerprint density at radius 1 is 1.35 bits per heavy atom. The first-order valence-electron chi connectivity index (χ1n) is 7.70. The maximum Gasteiger partial charge on any atom is 0.0503 e. The Kier molecular flexibility index (Phi) is 6.02. The molecule has 2 rings (SSSR count). The Bertz CT molecular complexity index is 406. The van der Waals surface area contributed by atoms with Crippen molar-refractivity contribution in [2.45, 2.75) is 39.4 Å². The number of nitrogens with one attached hydrogen (secondary N) is 1. The van der Waals surface area contributed by atoms with E-state index in [1.165, 1.54) is 30.6 Å². The molecule has 20 heavy (non-hydrogen) atoms. The van der Waals surface area contributed by atoms with E-state index in [4.69, 9.17) is 4.74 Å². The Labute approximate surface area is 123 Å². The molecule has 1 aliphatic heterocycles. The minimum absolute atomic E-state index is 0.534. The molecule has 1 aliphatic rings. The van der Waals surface area contributed by atoms with Crippen LogP contribution in [0.4, 0.5) is 0 Å². The maximum absolute atomic E-state index is 5.26. The van der Waals surface area contributed by atoms with Crippen molar-refractivity contribution in [2.75, 3.05) is 26.8 Å². The topological polar surface area (TPSA) is 24.5 Å². The summed E-state index contributed by atoms with van der Waals surface area (Å²) in [7, 11) is 1.80. The van der Waals surface area contributed by atoms with Crippen molar-refractivity contribution in [3.05, 3.63) is 35.4 Å². The molecule has 0 bridgehead atoms. The molecule has 1 unspecified atom stereocenters. The van der Waals surface area contributed by atoms with Crippen molar-refractivity contribution in [3.8, 4) is 0 Å². The van der Waals surface area contributed by atoms with Crippen LogP contribution in [0, 0.1) is 5.92 Å². The van der Waals surface area contributed by atoms with E-state index in [-0.39, 0.29) is 0 Å². The van der Waals surface area contributed by atoms with Gasteiger partial charge in [0.1, 0.15) is 0 Å². The second-order valence-corrected chi connectivity index (χ2v) is 6.20. The fourth-order valence-corrected chi connectivity index (χ4v) is 2.85. The van der Waals surface area contributed by atoms with E-state index in [0.717, 1.165) is 19.7 Å². The minimum atomic E-state index is 0.534. The van der Waals surface area contributed by atoms with E-state index >= 15 is 0 Å². The second-order valence-electron chi connectivity index (χ2n) is 6.20. The number of benzene rings is 1. The molecule has 1 aromatic rings. The van der Waals surface area contributed by atoms with Gasteiger partial charge in [0, 0.05) is 32.8 Å².